The monoisotopic (exact) mass is 306 g/mol. The van der Waals surface area contributed by atoms with Crippen LogP contribution in [0.25, 0.3) is 5.69 Å². The number of rotatable bonds is 5. The van der Waals surface area contributed by atoms with Crippen molar-refractivity contribution in [3.05, 3.63) is 40.7 Å². The van der Waals surface area contributed by atoms with E-state index in [2.05, 4.69) is 22.6 Å². The highest BCUT2D eigenvalue weighted by Crippen LogP contribution is 2.17. The minimum absolute atomic E-state index is 0.0626. The molecule has 0 aliphatic rings. The van der Waals surface area contributed by atoms with Gasteiger partial charge < -0.3 is 5.32 Å². The van der Waals surface area contributed by atoms with Gasteiger partial charge in [-0.2, -0.15) is 0 Å². The molecule has 0 saturated heterocycles. The standard InChI is InChI=1S/C15H19ClN4O/c1-4-5-13-14(15(21)17-10(2)3)18-19-20(13)12-8-6-11(16)7-9-12/h6-10H,4-5H2,1-3H3,(H,17,21). The quantitative estimate of drug-likeness (QED) is 0.923. The van der Waals surface area contributed by atoms with Crippen LogP contribution < -0.4 is 5.32 Å². The van der Waals surface area contributed by atoms with Crippen molar-refractivity contribution < 1.29 is 4.79 Å². The van der Waals surface area contributed by atoms with Crippen LogP contribution in [0.2, 0.25) is 5.02 Å². The van der Waals surface area contributed by atoms with Crippen LogP contribution in [-0.2, 0) is 6.42 Å². The summed E-state index contributed by atoms with van der Waals surface area (Å²) < 4.78 is 1.70. The highest BCUT2D eigenvalue weighted by Gasteiger charge is 2.20. The van der Waals surface area contributed by atoms with Crippen LogP contribution in [0.5, 0.6) is 0 Å². The van der Waals surface area contributed by atoms with Crippen molar-refractivity contribution in [1.82, 2.24) is 20.3 Å². The summed E-state index contributed by atoms with van der Waals surface area (Å²) in [7, 11) is 0. The summed E-state index contributed by atoms with van der Waals surface area (Å²) in [4.78, 5) is 12.2. The molecule has 0 fully saturated rings. The van der Waals surface area contributed by atoms with Crippen LogP contribution in [0.15, 0.2) is 24.3 Å². The third-order valence-corrected chi connectivity index (χ3v) is 3.21. The first-order valence-corrected chi connectivity index (χ1v) is 7.42. The van der Waals surface area contributed by atoms with E-state index < -0.39 is 0 Å². The lowest BCUT2D eigenvalue weighted by atomic mass is 10.2. The molecule has 21 heavy (non-hydrogen) atoms. The average molecular weight is 307 g/mol. The molecule has 1 aromatic carbocycles. The van der Waals surface area contributed by atoms with E-state index in [1.807, 2.05) is 26.0 Å². The summed E-state index contributed by atoms with van der Waals surface area (Å²) in [5, 5.41) is 11.7. The van der Waals surface area contributed by atoms with E-state index in [4.69, 9.17) is 11.6 Å². The molecule has 0 unspecified atom stereocenters. The smallest absolute Gasteiger partial charge is 0.273 e. The number of halogens is 1. The molecule has 0 radical (unpaired) electrons. The molecular weight excluding hydrogens is 288 g/mol. The summed E-state index contributed by atoms with van der Waals surface area (Å²) in [6.07, 6.45) is 1.64. The number of hydrogen-bond acceptors (Lipinski definition) is 3. The molecule has 0 saturated carbocycles. The van der Waals surface area contributed by atoms with E-state index in [0.29, 0.717) is 10.7 Å². The number of aromatic nitrogens is 3. The molecule has 112 valence electrons. The maximum Gasteiger partial charge on any atom is 0.273 e. The van der Waals surface area contributed by atoms with Crippen LogP contribution in [0.3, 0.4) is 0 Å². The molecule has 0 atom stereocenters. The van der Waals surface area contributed by atoms with Crippen molar-refractivity contribution >= 4 is 17.5 Å². The Hall–Kier alpha value is -1.88. The predicted octanol–water partition coefficient (Wildman–Crippen LogP) is 3.01. The summed E-state index contributed by atoms with van der Waals surface area (Å²) in [5.74, 6) is -0.186. The number of nitrogens with one attached hydrogen (secondary N) is 1. The van der Waals surface area contributed by atoms with Gasteiger partial charge in [-0.25, -0.2) is 4.68 Å². The van der Waals surface area contributed by atoms with Crippen LogP contribution in [-0.4, -0.2) is 26.9 Å². The predicted molar refractivity (Wildman–Crippen MR) is 83.0 cm³/mol. The summed E-state index contributed by atoms with van der Waals surface area (Å²) in [6.45, 7) is 5.89. The maximum absolute atomic E-state index is 12.2. The molecule has 0 spiro atoms. The summed E-state index contributed by atoms with van der Waals surface area (Å²) in [6, 6.07) is 7.37. The number of amides is 1. The normalized spacial score (nSPS) is 10.9. The van der Waals surface area contributed by atoms with Gasteiger partial charge >= 0.3 is 0 Å². The van der Waals surface area contributed by atoms with Crippen molar-refractivity contribution in [2.24, 2.45) is 0 Å². The van der Waals surface area contributed by atoms with Gasteiger partial charge in [0, 0.05) is 11.1 Å². The fourth-order valence-corrected chi connectivity index (χ4v) is 2.19. The molecule has 1 amide bonds. The first-order chi connectivity index (χ1) is 10.0. The van der Waals surface area contributed by atoms with Crippen molar-refractivity contribution in [1.29, 1.82) is 0 Å². The van der Waals surface area contributed by atoms with E-state index in [9.17, 15) is 4.79 Å². The highest BCUT2D eigenvalue weighted by atomic mass is 35.5. The number of hydrogen-bond donors (Lipinski definition) is 1. The van der Waals surface area contributed by atoms with Gasteiger partial charge in [-0.15, -0.1) is 5.10 Å². The summed E-state index contributed by atoms with van der Waals surface area (Å²) >= 11 is 5.90. The Kier molecular flexibility index (Phi) is 4.96. The number of benzene rings is 1. The molecule has 5 nitrogen and oxygen atoms in total. The van der Waals surface area contributed by atoms with Gasteiger partial charge in [0.1, 0.15) is 0 Å². The first kappa shape index (κ1) is 15.5. The lowest BCUT2D eigenvalue weighted by Gasteiger charge is -2.09. The SMILES string of the molecule is CCCc1c(C(=O)NC(C)C)nnn1-c1ccc(Cl)cc1. The molecule has 0 aliphatic carbocycles. The second kappa shape index (κ2) is 6.72. The molecule has 6 heteroatoms. The lowest BCUT2D eigenvalue weighted by molar-refractivity contribution is 0.0937. The van der Waals surface area contributed by atoms with Gasteiger partial charge in [0.15, 0.2) is 5.69 Å². The molecule has 2 aromatic rings. The van der Waals surface area contributed by atoms with Gasteiger partial charge in [-0.1, -0.05) is 30.2 Å². The largest absolute Gasteiger partial charge is 0.348 e. The second-order valence-electron chi connectivity index (χ2n) is 5.15. The fraction of sp³-hybridized carbons (Fsp3) is 0.400. The zero-order chi connectivity index (χ0) is 15.4. The van der Waals surface area contributed by atoms with E-state index >= 15 is 0 Å². The Bertz CT molecular complexity index is 619. The fourth-order valence-electron chi connectivity index (χ4n) is 2.06. The minimum Gasteiger partial charge on any atom is -0.348 e. The summed E-state index contributed by atoms with van der Waals surface area (Å²) in [5.41, 5.74) is 2.05. The molecule has 1 N–H and O–H groups in total. The Morgan fingerprint density at radius 1 is 1.33 bits per heavy atom. The Balaban J connectivity index is 2.41. The number of nitrogens with zero attached hydrogens (tertiary/aromatic N) is 3. The van der Waals surface area contributed by atoms with Gasteiger partial charge in [-0.05, 0) is 44.5 Å². The lowest BCUT2D eigenvalue weighted by Crippen LogP contribution is -2.31. The molecule has 0 bridgehead atoms. The van der Waals surface area contributed by atoms with Crippen molar-refractivity contribution in [2.75, 3.05) is 0 Å². The van der Waals surface area contributed by atoms with Gasteiger partial charge in [-0.3, -0.25) is 4.79 Å². The first-order valence-electron chi connectivity index (χ1n) is 7.04. The molecule has 2 rings (SSSR count). The van der Waals surface area contributed by atoms with Gasteiger partial charge in [0.2, 0.25) is 0 Å². The molecule has 0 aliphatic heterocycles. The molecule has 1 aromatic heterocycles. The van der Waals surface area contributed by atoms with Crippen molar-refractivity contribution in [3.8, 4) is 5.69 Å². The van der Waals surface area contributed by atoms with Crippen molar-refractivity contribution in [3.63, 3.8) is 0 Å². The highest BCUT2D eigenvalue weighted by molar-refractivity contribution is 6.30. The Morgan fingerprint density at radius 2 is 2.00 bits per heavy atom. The second-order valence-corrected chi connectivity index (χ2v) is 5.59. The van der Waals surface area contributed by atoms with Gasteiger partial charge in [0.25, 0.3) is 5.91 Å². The zero-order valence-corrected chi connectivity index (χ0v) is 13.2. The number of carbonyl (C=O) groups is 1. The van der Waals surface area contributed by atoms with Crippen LogP contribution in [0.4, 0.5) is 0 Å². The molecule has 1 heterocycles. The Labute approximate surface area is 129 Å². The third-order valence-electron chi connectivity index (χ3n) is 2.96. The van der Waals surface area contributed by atoms with Crippen LogP contribution in [0, 0.1) is 0 Å². The van der Waals surface area contributed by atoms with Crippen molar-refractivity contribution in [2.45, 2.75) is 39.7 Å². The maximum atomic E-state index is 12.2. The minimum atomic E-state index is -0.186. The zero-order valence-electron chi connectivity index (χ0n) is 12.4. The van der Waals surface area contributed by atoms with Crippen LogP contribution >= 0.6 is 11.6 Å². The van der Waals surface area contributed by atoms with E-state index in [-0.39, 0.29) is 11.9 Å². The van der Waals surface area contributed by atoms with E-state index in [1.165, 1.54) is 0 Å². The van der Waals surface area contributed by atoms with E-state index in [1.54, 1.807) is 16.8 Å². The average Bonchev–Trinajstić information content (AvgIpc) is 2.83. The van der Waals surface area contributed by atoms with Gasteiger partial charge in [0.05, 0.1) is 11.4 Å². The van der Waals surface area contributed by atoms with Crippen LogP contribution in [0.1, 0.15) is 43.4 Å². The third kappa shape index (κ3) is 3.61. The topological polar surface area (TPSA) is 59.8 Å². The Morgan fingerprint density at radius 3 is 2.57 bits per heavy atom. The molecular formula is C15H19ClN4O. The number of carbonyl (C=O) groups excluding carboxylic acids is 1. The van der Waals surface area contributed by atoms with E-state index in [0.717, 1.165) is 24.2 Å².